The van der Waals surface area contributed by atoms with Crippen molar-refractivity contribution in [3.8, 4) is 6.07 Å². The molecule has 0 saturated carbocycles. The summed E-state index contributed by atoms with van der Waals surface area (Å²) >= 11 is 6.30. The number of likely N-dealkylation sites (tertiary alicyclic amines) is 1. The highest BCUT2D eigenvalue weighted by Gasteiger charge is 2.48. The molecule has 1 saturated heterocycles. The monoisotopic (exact) mass is 676 g/mol. The topological polar surface area (TPSA) is 132 Å². The molecule has 1 aliphatic heterocycles. The summed E-state index contributed by atoms with van der Waals surface area (Å²) in [5.41, 5.74) is 1.06. The highest BCUT2D eigenvalue weighted by molar-refractivity contribution is 9.10. The molecule has 0 radical (unpaired) electrons. The second-order valence-electron chi connectivity index (χ2n) is 7.83. The van der Waals surface area contributed by atoms with Gasteiger partial charge in [0, 0.05) is 13.5 Å². The number of hydrogen-bond donors (Lipinski definition) is 0. The van der Waals surface area contributed by atoms with Gasteiger partial charge in [-0.05, 0) is 46.1 Å². The van der Waals surface area contributed by atoms with Gasteiger partial charge in [-0.1, -0.05) is 62.2 Å². The lowest BCUT2D eigenvalue weighted by Crippen LogP contribution is -2.62. The molecule has 0 amide bonds. The van der Waals surface area contributed by atoms with E-state index in [4.69, 9.17) is 24.2 Å². The minimum Gasteiger partial charge on any atom is -0.465 e. The van der Waals surface area contributed by atoms with Gasteiger partial charge < -0.3 is 18.9 Å². The third-order valence-corrected chi connectivity index (χ3v) is 6.57. The number of carbonyl (C=O) groups excluding carboxylic acids is 4. The maximum absolute atomic E-state index is 11.9. The zero-order valence-electron chi connectivity index (χ0n) is 23.1. The van der Waals surface area contributed by atoms with E-state index >= 15 is 0 Å². The van der Waals surface area contributed by atoms with Crippen LogP contribution in [0.1, 0.15) is 53.0 Å². The van der Waals surface area contributed by atoms with Crippen molar-refractivity contribution in [2.24, 2.45) is 0 Å². The fourth-order valence-electron chi connectivity index (χ4n) is 3.36. The fourth-order valence-corrected chi connectivity index (χ4v) is 4.87. The maximum Gasteiger partial charge on any atom is 0.323 e. The van der Waals surface area contributed by atoms with Gasteiger partial charge in [0.15, 0.2) is 0 Å². The average Bonchev–Trinajstić information content (AvgIpc) is 2.88. The van der Waals surface area contributed by atoms with E-state index in [0.29, 0.717) is 45.8 Å². The molecule has 0 aliphatic carbocycles. The summed E-state index contributed by atoms with van der Waals surface area (Å²) < 4.78 is 19.7. The van der Waals surface area contributed by atoms with Crippen molar-refractivity contribution in [2.45, 2.75) is 75.7 Å². The maximum atomic E-state index is 11.9. The standard InChI is InChI=1S/C16H21NO4.C9H14Br2O4.C2H3N/c1-3-20-15(18)13-10-14(16(19)21-4-2)17(13)11-12-8-6-5-7-9-12;1-3-14-8(12)6(10)5-7(11)9(13)15-4-2;1-2-3/h5-9,13-14H,3-4,10-11H2,1-2H3;6-7H,3-5H2,1-2H3;1H3/t13-,14+;;. The van der Waals surface area contributed by atoms with Crippen LogP contribution in [0.2, 0.25) is 0 Å². The van der Waals surface area contributed by atoms with Crippen molar-refractivity contribution in [1.29, 1.82) is 5.26 Å². The molecule has 39 heavy (non-hydrogen) atoms. The molecule has 0 spiro atoms. The molecule has 1 aliphatic rings. The summed E-state index contributed by atoms with van der Waals surface area (Å²) in [4.78, 5) is 47.2. The van der Waals surface area contributed by atoms with Crippen LogP contribution in [0.4, 0.5) is 0 Å². The number of benzene rings is 1. The first-order valence-corrected chi connectivity index (χ1v) is 14.5. The number of rotatable bonds is 12. The molecule has 1 heterocycles. The van der Waals surface area contributed by atoms with Crippen LogP contribution in [0.3, 0.4) is 0 Å². The normalized spacial score (nSPS) is 17.2. The number of carbonyl (C=O) groups is 4. The van der Waals surface area contributed by atoms with Gasteiger partial charge in [-0.2, -0.15) is 5.26 Å². The number of alkyl halides is 2. The number of halogens is 2. The van der Waals surface area contributed by atoms with E-state index in [0.717, 1.165) is 5.56 Å². The minimum atomic E-state index is -0.494. The van der Waals surface area contributed by atoms with Gasteiger partial charge in [0.25, 0.3) is 0 Å². The molecule has 1 aromatic rings. The van der Waals surface area contributed by atoms with Crippen LogP contribution in [0.25, 0.3) is 0 Å². The van der Waals surface area contributed by atoms with Crippen LogP contribution in [0.15, 0.2) is 30.3 Å². The van der Waals surface area contributed by atoms with E-state index in [9.17, 15) is 19.2 Å². The van der Waals surface area contributed by atoms with Crippen molar-refractivity contribution in [2.75, 3.05) is 26.4 Å². The molecule has 2 unspecified atom stereocenters. The second kappa shape index (κ2) is 21.3. The van der Waals surface area contributed by atoms with Crippen LogP contribution < -0.4 is 0 Å². The number of ether oxygens (including phenoxy) is 4. The van der Waals surface area contributed by atoms with E-state index < -0.39 is 9.65 Å². The van der Waals surface area contributed by atoms with Crippen LogP contribution in [0.5, 0.6) is 0 Å². The van der Waals surface area contributed by atoms with Crippen molar-refractivity contribution >= 4 is 55.7 Å². The summed E-state index contributed by atoms with van der Waals surface area (Å²) in [5, 5.41) is 7.32. The molecular weight excluding hydrogens is 640 g/mol. The van der Waals surface area contributed by atoms with Gasteiger partial charge in [0.1, 0.15) is 21.7 Å². The molecule has 1 aromatic carbocycles. The Bertz CT molecular complexity index is 880. The lowest BCUT2D eigenvalue weighted by atomic mass is 9.91. The molecule has 4 atom stereocenters. The Morgan fingerprint density at radius 2 is 1.23 bits per heavy atom. The Kier molecular flexibility index (Phi) is 20.0. The van der Waals surface area contributed by atoms with Gasteiger partial charge in [0.05, 0.1) is 32.5 Å². The molecule has 2 rings (SSSR count). The van der Waals surface area contributed by atoms with Gasteiger partial charge in [-0.15, -0.1) is 0 Å². The Morgan fingerprint density at radius 1 is 0.846 bits per heavy atom. The lowest BCUT2D eigenvalue weighted by Gasteiger charge is -2.45. The van der Waals surface area contributed by atoms with E-state index in [-0.39, 0.29) is 36.0 Å². The summed E-state index contributed by atoms with van der Waals surface area (Å²) in [7, 11) is 0. The van der Waals surface area contributed by atoms with E-state index in [1.54, 1.807) is 33.8 Å². The Balaban J connectivity index is 0.000000707. The largest absolute Gasteiger partial charge is 0.465 e. The average molecular weight is 678 g/mol. The molecule has 218 valence electrons. The summed E-state index contributed by atoms with van der Waals surface area (Å²) in [6.07, 6.45) is 0.766. The number of esters is 4. The first-order valence-electron chi connectivity index (χ1n) is 12.7. The molecule has 0 aromatic heterocycles. The predicted molar refractivity (Wildman–Crippen MR) is 152 cm³/mol. The fraction of sp³-hybridized carbons (Fsp3) is 0.593. The molecule has 10 nitrogen and oxygen atoms in total. The SMILES string of the molecule is CC#N.CCOC(=O)C(Br)CC(Br)C(=O)OCC.CCOC(=O)[C@H]1C[C@@H](C(=O)OCC)N1Cc1ccccc1. The molecule has 0 bridgehead atoms. The number of nitriles is 1. The highest BCUT2D eigenvalue weighted by Crippen LogP contribution is 2.30. The van der Waals surface area contributed by atoms with Crippen molar-refractivity contribution in [3.63, 3.8) is 0 Å². The highest BCUT2D eigenvalue weighted by atomic mass is 79.9. The number of nitrogens with zero attached hydrogens (tertiary/aromatic N) is 2. The molecule has 12 heteroatoms. The van der Waals surface area contributed by atoms with Gasteiger partial charge in [0.2, 0.25) is 0 Å². The Labute approximate surface area is 247 Å². The molecular formula is C27H38Br2N2O8. The number of hydrogen-bond acceptors (Lipinski definition) is 10. The summed E-state index contributed by atoms with van der Waals surface area (Å²) in [6, 6.07) is 10.8. The quantitative estimate of drug-likeness (QED) is 0.179. The van der Waals surface area contributed by atoms with Gasteiger partial charge in [-0.3, -0.25) is 24.1 Å². The van der Waals surface area contributed by atoms with Crippen LogP contribution >= 0.6 is 31.9 Å². The predicted octanol–water partition coefficient (Wildman–Crippen LogP) is 4.32. The minimum absolute atomic E-state index is 0.269. The first-order chi connectivity index (χ1) is 18.6. The van der Waals surface area contributed by atoms with Crippen molar-refractivity contribution < 1.29 is 38.1 Å². The van der Waals surface area contributed by atoms with Crippen molar-refractivity contribution in [3.05, 3.63) is 35.9 Å². The van der Waals surface area contributed by atoms with Crippen LogP contribution in [0, 0.1) is 11.3 Å². The molecule has 0 N–H and O–H groups in total. The van der Waals surface area contributed by atoms with Crippen LogP contribution in [-0.4, -0.2) is 76.9 Å². The van der Waals surface area contributed by atoms with Crippen LogP contribution in [-0.2, 0) is 44.7 Å². The Hall–Kier alpha value is -2.49. The third-order valence-electron chi connectivity index (χ3n) is 5.07. The lowest BCUT2D eigenvalue weighted by molar-refractivity contribution is -0.171. The smallest absolute Gasteiger partial charge is 0.323 e. The van der Waals surface area contributed by atoms with E-state index in [1.165, 1.54) is 6.92 Å². The van der Waals surface area contributed by atoms with Gasteiger partial charge >= 0.3 is 23.9 Å². The second-order valence-corrected chi connectivity index (χ2v) is 10.0. The van der Waals surface area contributed by atoms with E-state index in [2.05, 4.69) is 31.9 Å². The zero-order valence-corrected chi connectivity index (χ0v) is 26.2. The Morgan fingerprint density at radius 3 is 1.59 bits per heavy atom. The van der Waals surface area contributed by atoms with Crippen molar-refractivity contribution in [1.82, 2.24) is 4.90 Å². The summed E-state index contributed by atoms with van der Waals surface area (Å²) in [6.45, 7) is 10.3. The molecule has 1 fully saturated rings. The third kappa shape index (κ3) is 13.9. The summed E-state index contributed by atoms with van der Waals surface area (Å²) in [5.74, 6) is -1.28. The zero-order chi connectivity index (χ0) is 29.8. The van der Waals surface area contributed by atoms with Gasteiger partial charge in [-0.25, -0.2) is 0 Å². The van der Waals surface area contributed by atoms with E-state index in [1.807, 2.05) is 35.2 Å². The first kappa shape index (κ1) is 36.5.